The summed E-state index contributed by atoms with van der Waals surface area (Å²) in [5.74, 6) is -0.944. The van der Waals surface area contributed by atoms with Gasteiger partial charge in [0.1, 0.15) is 6.04 Å². The van der Waals surface area contributed by atoms with Crippen LogP contribution in [0.4, 0.5) is 5.69 Å². The number of thiophene rings is 1. The lowest BCUT2D eigenvalue weighted by molar-refractivity contribution is -0.126. The Kier molecular flexibility index (Phi) is 7.96. The predicted molar refractivity (Wildman–Crippen MR) is 144 cm³/mol. The maximum absolute atomic E-state index is 13.8. The Morgan fingerprint density at radius 3 is 2.57 bits per heavy atom. The zero-order valence-electron chi connectivity index (χ0n) is 20.7. The van der Waals surface area contributed by atoms with E-state index in [0.29, 0.717) is 29.3 Å². The Hall–Kier alpha value is -3.49. The lowest BCUT2D eigenvalue weighted by Gasteiger charge is -2.32. The van der Waals surface area contributed by atoms with Crippen LogP contribution < -0.4 is 15.5 Å². The maximum atomic E-state index is 13.8. The van der Waals surface area contributed by atoms with Crippen molar-refractivity contribution < 1.29 is 19.1 Å². The summed E-state index contributed by atoms with van der Waals surface area (Å²) < 4.78 is 5.69. The van der Waals surface area contributed by atoms with Gasteiger partial charge in [0.15, 0.2) is 0 Å². The number of hydrogen-bond donors (Lipinski definition) is 2. The minimum atomic E-state index is -0.895. The molecule has 1 saturated heterocycles. The molecule has 3 amide bonds. The van der Waals surface area contributed by atoms with Gasteiger partial charge in [0.05, 0.1) is 17.5 Å². The van der Waals surface area contributed by atoms with E-state index in [9.17, 15) is 14.4 Å². The van der Waals surface area contributed by atoms with Crippen LogP contribution in [0.1, 0.15) is 51.7 Å². The highest BCUT2D eigenvalue weighted by Crippen LogP contribution is 2.32. The fourth-order valence-corrected chi connectivity index (χ4v) is 5.69. The summed E-state index contributed by atoms with van der Waals surface area (Å²) in [6, 6.07) is 17.9. The SMILES string of the molecule is O=C(NCC(=O)N(c1ccc2c(c1)CCC2)C(C(=O)NCC1CCCO1)c1ccccc1)c1cccs1. The maximum Gasteiger partial charge on any atom is 0.261 e. The molecule has 1 aliphatic heterocycles. The van der Waals surface area contributed by atoms with E-state index in [4.69, 9.17) is 4.74 Å². The quantitative estimate of drug-likeness (QED) is 0.449. The summed E-state index contributed by atoms with van der Waals surface area (Å²) in [7, 11) is 0. The summed E-state index contributed by atoms with van der Waals surface area (Å²) >= 11 is 1.31. The fraction of sp³-hybridized carbons (Fsp3) is 0.345. The van der Waals surface area contributed by atoms with Gasteiger partial charge in [-0.3, -0.25) is 19.3 Å². The summed E-state index contributed by atoms with van der Waals surface area (Å²) in [6.45, 7) is 0.867. The first-order chi connectivity index (χ1) is 18.1. The van der Waals surface area contributed by atoms with Crippen molar-refractivity contribution in [3.05, 3.63) is 87.6 Å². The van der Waals surface area contributed by atoms with Crippen molar-refractivity contribution >= 4 is 34.7 Å². The minimum absolute atomic E-state index is 0.0189. The Morgan fingerprint density at radius 1 is 0.973 bits per heavy atom. The van der Waals surface area contributed by atoms with Gasteiger partial charge in [0.25, 0.3) is 5.91 Å². The number of hydrogen-bond acceptors (Lipinski definition) is 5. The molecule has 3 aromatic rings. The van der Waals surface area contributed by atoms with E-state index in [2.05, 4.69) is 16.7 Å². The number of anilines is 1. The zero-order chi connectivity index (χ0) is 25.6. The molecule has 2 aliphatic rings. The van der Waals surface area contributed by atoms with E-state index in [1.807, 2.05) is 47.8 Å². The molecule has 2 N–H and O–H groups in total. The van der Waals surface area contributed by atoms with E-state index in [1.54, 1.807) is 12.1 Å². The van der Waals surface area contributed by atoms with Gasteiger partial charge in [-0.2, -0.15) is 0 Å². The number of benzene rings is 2. The first-order valence-corrected chi connectivity index (χ1v) is 13.7. The van der Waals surface area contributed by atoms with Crippen molar-refractivity contribution in [3.63, 3.8) is 0 Å². The van der Waals surface area contributed by atoms with Gasteiger partial charge in [0.2, 0.25) is 11.8 Å². The third-order valence-electron chi connectivity index (χ3n) is 6.92. The third kappa shape index (κ3) is 5.92. The third-order valence-corrected chi connectivity index (χ3v) is 7.79. The summed E-state index contributed by atoms with van der Waals surface area (Å²) in [6.07, 6.45) is 4.90. The van der Waals surface area contributed by atoms with E-state index in [-0.39, 0.29) is 30.4 Å². The van der Waals surface area contributed by atoms with Gasteiger partial charge in [-0.1, -0.05) is 42.5 Å². The summed E-state index contributed by atoms with van der Waals surface area (Å²) in [4.78, 5) is 42.2. The van der Waals surface area contributed by atoms with Crippen LogP contribution in [0.15, 0.2) is 66.0 Å². The topological polar surface area (TPSA) is 87.7 Å². The van der Waals surface area contributed by atoms with Crippen molar-refractivity contribution in [3.8, 4) is 0 Å². The monoisotopic (exact) mass is 517 g/mol. The lowest BCUT2D eigenvalue weighted by atomic mass is 10.0. The number of rotatable bonds is 9. The largest absolute Gasteiger partial charge is 0.376 e. The van der Waals surface area contributed by atoms with E-state index < -0.39 is 6.04 Å². The molecule has 37 heavy (non-hydrogen) atoms. The predicted octanol–water partition coefficient (Wildman–Crippen LogP) is 4.04. The minimum Gasteiger partial charge on any atom is -0.376 e. The molecule has 7 nitrogen and oxygen atoms in total. The molecule has 1 aromatic heterocycles. The van der Waals surface area contributed by atoms with Crippen molar-refractivity contribution in [1.29, 1.82) is 0 Å². The van der Waals surface area contributed by atoms with Gasteiger partial charge in [-0.25, -0.2) is 0 Å². The molecular formula is C29H31N3O4S. The molecule has 8 heteroatoms. The van der Waals surface area contributed by atoms with Crippen LogP contribution in [-0.4, -0.2) is 43.5 Å². The Balaban J connectivity index is 1.46. The molecule has 2 atom stereocenters. The van der Waals surface area contributed by atoms with E-state index >= 15 is 0 Å². The molecule has 0 bridgehead atoms. The Labute approximate surface area is 220 Å². The average molecular weight is 518 g/mol. The molecule has 5 rings (SSSR count). The molecule has 0 saturated carbocycles. The molecule has 2 heterocycles. The van der Waals surface area contributed by atoms with Crippen molar-refractivity contribution in [1.82, 2.24) is 10.6 Å². The number of amides is 3. The van der Waals surface area contributed by atoms with Gasteiger partial charge in [0, 0.05) is 18.8 Å². The van der Waals surface area contributed by atoms with Crippen LogP contribution in [0.25, 0.3) is 0 Å². The van der Waals surface area contributed by atoms with Crippen LogP contribution in [0, 0.1) is 0 Å². The molecule has 192 valence electrons. The Morgan fingerprint density at radius 2 is 1.81 bits per heavy atom. The van der Waals surface area contributed by atoms with Crippen molar-refractivity contribution in [2.75, 3.05) is 24.6 Å². The molecule has 2 unspecified atom stereocenters. The number of nitrogens with one attached hydrogen (secondary N) is 2. The summed E-state index contributed by atoms with van der Waals surface area (Å²) in [5.41, 5.74) is 3.83. The highest BCUT2D eigenvalue weighted by atomic mass is 32.1. The number of fused-ring (bicyclic) bond motifs is 1. The first-order valence-electron chi connectivity index (χ1n) is 12.8. The smallest absolute Gasteiger partial charge is 0.261 e. The summed E-state index contributed by atoms with van der Waals surface area (Å²) in [5, 5.41) is 7.58. The van der Waals surface area contributed by atoms with E-state index in [1.165, 1.54) is 27.4 Å². The number of nitrogens with zero attached hydrogens (tertiary/aromatic N) is 1. The second kappa shape index (κ2) is 11.7. The van der Waals surface area contributed by atoms with Crippen LogP contribution in [0.3, 0.4) is 0 Å². The molecular weight excluding hydrogens is 486 g/mol. The number of ether oxygens (including phenoxy) is 1. The molecule has 2 aromatic carbocycles. The normalized spacial score (nSPS) is 17.1. The zero-order valence-corrected chi connectivity index (χ0v) is 21.5. The van der Waals surface area contributed by atoms with Gasteiger partial charge in [-0.05, 0) is 72.4 Å². The van der Waals surface area contributed by atoms with Crippen LogP contribution in [-0.2, 0) is 27.2 Å². The lowest BCUT2D eigenvalue weighted by Crippen LogP contribution is -2.48. The van der Waals surface area contributed by atoms with E-state index in [0.717, 1.165) is 32.1 Å². The number of carbonyl (C=O) groups excluding carboxylic acids is 3. The molecule has 0 radical (unpaired) electrons. The van der Waals surface area contributed by atoms with Crippen LogP contribution in [0.2, 0.25) is 0 Å². The van der Waals surface area contributed by atoms with Gasteiger partial charge in [-0.15, -0.1) is 11.3 Å². The second-order valence-corrected chi connectivity index (χ2v) is 10.4. The average Bonchev–Trinajstić information content (AvgIpc) is 3.72. The molecule has 1 fully saturated rings. The van der Waals surface area contributed by atoms with Crippen LogP contribution >= 0.6 is 11.3 Å². The van der Waals surface area contributed by atoms with Gasteiger partial charge >= 0.3 is 0 Å². The van der Waals surface area contributed by atoms with Gasteiger partial charge < -0.3 is 15.4 Å². The molecule has 1 aliphatic carbocycles. The first kappa shape index (κ1) is 25.2. The van der Waals surface area contributed by atoms with Crippen molar-refractivity contribution in [2.24, 2.45) is 0 Å². The second-order valence-electron chi connectivity index (χ2n) is 9.42. The standard InChI is InChI=1S/C29H31N3O4S/c33-26(19-31-28(34)25-12-6-16-37-25)32(23-14-13-20-9-4-10-22(20)17-23)27(21-7-2-1-3-8-21)29(35)30-18-24-11-5-15-36-24/h1-3,6-8,12-14,16-17,24,27H,4-5,9-11,15,18-19H2,(H,30,35)(H,31,34). The van der Waals surface area contributed by atoms with Crippen molar-refractivity contribution in [2.45, 2.75) is 44.2 Å². The number of aryl methyl sites for hydroxylation is 2. The highest BCUT2D eigenvalue weighted by molar-refractivity contribution is 7.12. The number of carbonyl (C=O) groups is 3. The molecule has 0 spiro atoms. The highest BCUT2D eigenvalue weighted by Gasteiger charge is 2.34. The fourth-order valence-electron chi connectivity index (χ4n) is 5.05. The Bertz CT molecular complexity index is 1240. The van der Waals surface area contributed by atoms with Crippen LogP contribution in [0.5, 0.6) is 0 Å².